The Hall–Kier alpha value is -1.10. The fourth-order valence-electron chi connectivity index (χ4n) is 1.63. The van der Waals surface area contributed by atoms with Gasteiger partial charge in [0.1, 0.15) is 0 Å². The van der Waals surface area contributed by atoms with Gasteiger partial charge in [-0.2, -0.15) is 0 Å². The molecule has 0 aliphatic heterocycles. The normalized spacial score (nSPS) is 17.8. The van der Waals surface area contributed by atoms with Crippen molar-refractivity contribution in [3.63, 3.8) is 0 Å². The molecule has 0 aromatic carbocycles. The molecule has 0 atom stereocenters. The molecule has 1 heterocycles. The SMILES string of the molecule is CC(=O)Nc1nnc(S(=O)(=O)NCC2(N)CCC2)s1. The van der Waals surface area contributed by atoms with E-state index >= 15 is 0 Å². The molecule has 10 heteroatoms. The van der Waals surface area contributed by atoms with Gasteiger partial charge in [0.2, 0.25) is 15.4 Å². The summed E-state index contributed by atoms with van der Waals surface area (Å²) >= 11 is 0.799. The van der Waals surface area contributed by atoms with E-state index in [1.165, 1.54) is 6.92 Å². The first-order valence-electron chi connectivity index (χ1n) is 5.70. The lowest BCUT2D eigenvalue weighted by Gasteiger charge is -2.37. The first-order chi connectivity index (χ1) is 8.81. The molecular weight excluding hydrogens is 290 g/mol. The highest BCUT2D eigenvalue weighted by Crippen LogP contribution is 2.29. The lowest BCUT2D eigenvalue weighted by Crippen LogP contribution is -2.54. The van der Waals surface area contributed by atoms with Crippen molar-refractivity contribution in [2.45, 2.75) is 36.1 Å². The standard InChI is InChI=1S/C9H15N5O3S2/c1-6(15)12-7-13-14-8(18-7)19(16,17)11-5-9(10)3-2-4-9/h11H,2-5,10H2,1H3,(H,12,13,15). The molecule has 1 aromatic rings. The van der Waals surface area contributed by atoms with Crippen molar-refractivity contribution in [2.75, 3.05) is 11.9 Å². The number of nitrogens with two attached hydrogens (primary N) is 1. The third kappa shape index (κ3) is 3.47. The average Bonchev–Trinajstić information content (AvgIpc) is 2.72. The first-order valence-corrected chi connectivity index (χ1v) is 8.00. The molecule has 2 rings (SSSR count). The first kappa shape index (κ1) is 14.3. The van der Waals surface area contributed by atoms with Gasteiger partial charge >= 0.3 is 0 Å². The molecule has 106 valence electrons. The zero-order valence-corrected chi connectivity index (χ0v) is 12.0. The minimum Gasteiger partial charge on any atom is -0.324 e. The molecular formula is C9H15N5O3S2. The van der Waals surface area contributed by atoms with E-state index < -0.39 is 15.6 Å². The largest absolute Gasteiger partial charge is 0.324 e. The van der Waals surface area contributed by atoms with Gasteiger partial charge in [0, 0.05) is 19.0 Å². The Labute approximate surface area is 114 Å². The monoisotopic (exact) mass is 305 g/mol. The Bertz CT molecular complexity index is 578. The van der Waals surface area contributed by atoms with Gasteiger partial charge in [-0.3, -0.25) is 4.79 Å². The zero-order valence-electron chi connectivity index (χ0n) is 10.3. The Morgan fingerprint density at radius 2 is 2.16 bits per heavy atom. The number of hydrogen-bond acceptors (Lipinski definition) is 7. The van der Waals surface area contributed by atoms with E-state index in [0.29, 0.717) is 0 Å². The minimum atomic E-state index is -3.72. The van der Waals surface area contributed by atoms with E-state index in [0.717, 1.165) is 30.6 Å². The number of amides is 1. The predicted octanol–water partition coefficient (Wildman–Crippen LogP) is -0.344. The fourth-order valence-corrected chi connectivity index (χ4v) is 3.75. The number of nitrogens with one attached hydrogen (secondary N) is 2. The molecule has 19 heavy (non-hydrogen) atoms. The summed E-state index contributed by atoms with van der Waals surface area (Å²) in [6.45, 7) is 1.49. The molecule has 1 aliphatic rings. The van der Waals surface area contributed by atoms with Gasteiger partial charge in [0.05, 0.1) is 0 Å². The maximum absolute atomic E-state index is 11.9. The Kier molecular flexibility index (Phi) is 3.85. The number of carbonyl (C=O) groups excluding carboxylic acids is 1. The van der Waals surface area contributed by atoms with Gasteiger partial charge in [-0.1, -0.05) is 11.3 Å². The molecule has 4 N–H and O–H groups in total. The van der Waals surface area contributed by atoms with Gasteiger partial charge in [-0.15, -0.1) is 10.2 Å². The van der Waals surface area contributed by atoms with Gasteiger partial charge in [-0.05, 0) is 19.3 Å². The summed E-state index contributed by atoms with van der Waals surface area (Å²) in [6.07, 6.45) is 2.63. The molecule has 0 bridgehead atoms. The van der Waals surface area contributed by atoms with E-state index in [1.807, 2.05) is 0 Å². The highest BCUT2D eigenvalue weighted by molar-refractivity contribution is 7.91. The van der Waals surface area contributed by atoms with Crippen LogP contribution in [-0.4, -0.2) is 36.6 Å². The van der Waals surface area contributed by atoms with Crippen LogP contribution in [0.15, 0.2) is 4.34 Å². The summed E-state index contributed by atoms with van der Waals surface area (Å²) < 4.78 is 26.1. The smallest absolute Gasteiger partial charge is 0.269 e. The Morgan fingerprint density at radius 1 is 1.47 bits per heavy atom. The van der Waals surface area contributed by atoms with Crippen LogP contribution in [0, 0.1) is 0 Å². The van der Waals surface area contributed by atoms with Gasteiger partial charge in [0.15, 0.2) is 0 Å². The molecule has 1 aliphatic carbocycles. The van der Waals surface area contributed by atoms with E-state index in [9.17, 15) is 13.2 Å². The summed E-state index contributed by atoms with van der Waals surface area (Å²) in [6, 6.07) is 0. The number of anilines is 1. The summed E-state index contributed by atoms with van der Waals surface area (Å²) in [5.74, 6) is -0.330. The quantitative estimate of drug-likeness (QED) is 0.638. The summed E-state index contributed by atoms with van der Waals surface area (Å²) in [5, 5.41) is 9.67. The molecule has 1 amide bonds. The third-order valence-corrected chi connectivity index (χ3v) is 5.49. The molecule has 1 saturated carbocycles. The van der Waals surface area contributed by atoms with Crippen LogP contribution in [0.5, 0.6) is 0 Å². The molecule has 0 radical (unpaired) electrons. The molecule has 0 saturated heterocycles. The Balaban J connectivity index is 2.02. The van der Waals surface area contributed by atoms with E-state index in [-0.39, 0.29) is 21.9 Å². The van der Waals surface area contributed by atoms with Crippen LogP contribution in [0.3, 0.4) is 0 Å². The zero-order chi connectivity index (χ0) is 14.1. The molecule has 8 nitrogen and oxygen atoms in total. The second-order valence-electron chi connectivity index (χ2n) is 4.59. The van der Waals surface area contributed by atoms with Crippen molar-refractivity contribution < 1.29 is 13.2 Å². The number of aromatic nitrogens is 2. The fraction of sp³-hybridized carbons (Fsp3) is 0.667. The second-order valence-corrected chi connectivity index (χ2v) is 7.51. The minimum absolute atomic E-state index is 0.152. The topological polar surface area (TPSA) is 127 Å². The van der Waals surface area contributed by atoms with E-state index in [1.54, 1.807) is 0 Å². The van der Waals surface area contributed by atoms with Crippen molar-refractivity contribution in [3.8, 4) is 0 Å². The summed E-state index contributed by atoms with van der Waals surface area (Å²) in [4.78, 5) is 10.8. The van der Waals surface area contributed by atoms with Crippen LogP contribution < -0.4 is 15.8 Å². The van der Waals surface area contributed by atoms with Crippen LogP contribution in [0.25, 0.3) is 0 Å². The van der Waals surface area contributed by atoms with Crippen LogP contribution in [0.1, 0.15) is 26.2 Å². The molecule has 1 fully saturated rings. The lowest BCUT2D eigenvalue weighted by molar-refractivity contribution is -0.114. The van der Waals surface area contributed by atoms with E-state index in [4.69, 9.17) is 5.73 Å². The summed E-state index contributed by atoms with van der Waals surface area (Å²) in [5.41, 5.74) is 5.50. The average molecular weight is 305 g/mol. The van der Waals surface area contributed by atoms with Crippen molar-refractivity contribution in [1.82, 2.24) is 14.9 Å². The number of sulfonamides is 1. The van der Waals surface area contributed by atoms with Crippen molar-refractivity contribution in [1.29, 1.82) is 0 Å². The molecule has 1 aromatic heterocycles. The van der Waals surface area contributed by atoms with Gasteiger partial charge < -0.3 is 11.1 Å². The maximum Gasteiger partial charge on any atom is 0.269 e. The van der Waals surface area contributed by atoms with Gasteiger partial charge in [-0.25, -0.2) is 13.1 Å². The van der Waals surface area contributed by atoms with Crippen molar-refractivity contribution in [3.05, 3.63) is 0 Å². The highest BCUT2D eigenvalue weighted by atomic mass is 32.2. The van der Waals surface area contributed by atoms with Crippen molar-refractivity contribution >= 4 is 32.4 Å². The number of rotatable bonds is 5. The number of carbonyl (C=O) groups is 1. The van der Waals surface area contributed by atoms with Crippen LogP contribution in [0.2, 0.25) is 0 Å². The van der Waals surface area contributed by atoms with Crippen molar-refractivity contribution in [2.24, 2.45) is 5.73 Å². The molecule has 0 spiro atoms. The van der Waals surface area contributed by atoms with Crippen LogP contribution >= 0.6 is 11.3 Å². The predicted molar refractivity (Wildman–Crippen MR) is 70.2 cm³/mol. The Morgan fingerprint density at radius 3 is 2.68 bits per heavy atom. The summed E-state index contributed by atoms with van der Waals surface area (Å²) in [7, 11) is -3.72. The number of hydrogen-bond donors (Lipinski definition) is 3. The van der Waals surface area contributed by atoms with Crippen LogP contribution in [-0.2, 0) is 14.8 Å². The van der Waals surface area contributed by atoms with E-state index in [2.05, 4.69) is 20.2 Å². The van der Waals surface area contributed by atoms with Crippen LogP contribution in [0.4, 0.5) is 5.13 Å². The number of nitrogens with zero attached hydrogens (tertiary/aromatic N) is 2. The second kappa shape index (κ2) is 5.12. The highest BCUT2D eigenvalue weighted by Gasteiger charge is 2.34. The third-order valence-electron chi connectivity index (χ3n) is 2.88. The van der Waals surface area contributed by atoms with Gasteiger partial charge in [0.25, 0.3) is 10.0 Å². The lowest BCUT2D eigenvalue weighted by atomic mass is 9.78. The molecule has 0 unspecified atom stereocenters. The maximum atomic E-state index is 11.9.